The van der Waals surface area contributed by atoms with Gasteiger partial charge in [0, 0.05) is 97.6 Å². The molecule has 0 unspecified atom stereocenters. The molecule has 8 aromatic carbocycles. The molecule has 0 spiro atoms. The molecule has 0 fully saturated rings. The number of carbonyl (C=O) groups excluding carboxylic acids is 5. The van der Waals surface area contributed by atoms with Gasteiger partial charge in [0.25, 0.3) is 0 Å². The maximum Gasteiger partial charge on any atom is 0.230 e. The highest BCUT2D eigenvalue weighted by Crippen LogP contribution is 2.44. The fraction of sp³-hybridized carbons (Fsp3) is 0.176. The Morgan fingerprint density at radius 3 is 0.813 bits per heavy atom. The summed E-state index contributed by atoms with van der Waals surface area (Å²) in [7, 11) is 0. The summed E-state index contributed by atoms with van der Waals surface area (Å²) in [6, 6.07) is 55.0. The minimum absolute atomic E-state index is 0.0611. The van der Waals surface area contributed by atoms with E-state index in [0.29, 0.717) is 52.3 Å². The molecular formula is C74H62Cl8N4O5. The van der Waals surface area contributed by atoms with Crippen molar-refractivity contribution >= 4 is 145 Å². The molecule has 5 amide bonds. The Balaban J connectivity index is 0.000000144. The summed E-state index contributed by atoms with van der Waals surface area (Å²) in [4.78, 5) is 59.3. The van der Waals surface area contributed by atoms with E-state index in [4.69, 9.17) is 92.8 Å². The first-order chi connectivity index (χ1) is 43.6. The fourth-order valence-electron chi connectivity index (χ4n) is 11.9. The summed E-state index contributed by atoms with van der Waals surface area (Å²) < 4.78 is 0. The summed E-state index contributed by atoms with van der Waals surface area (Å²) in [5.41, 5.74) is 16.4. The van der Waals surface area contributed by atoms with Gasteiger partial charge >= 0.3 is 0 Å². The highest BCUT2D eigenvalue weighted by Gasteiger charge is 2.31. The predicted octanol–water partition coefficient (Wildman–Crippen LogP) is 20.3. The Labute approximate surface area is 570 Å². The van der Waals surface area contributed by atoms with Crippen LogP contribution in [-0.2, 0) is 24.0 Å². The Morgan fingerprint density at radius 1 is 0.319 bits per heavy atom. The van der Waals surface area contributed by atoms with Crippen molar-refractivity contribution in [2.45, 2.75) is 84.0 Å². The van der Waals surface area contributed by atoms with Gasteiger partial charge in [-0.25, -0.2) is 0 Å². The Hall–Kier alpha value is -7.41. The average Bonchev–Trinajstić information content (AvgIpc) is 1.08. The Kier molecular flexibility index (Phi) is 23.0. The van der Waals surface area contributed by atoms with Gasteiger partial charge in [-0.2, -0.15) is 0 Å². The number of halogens is 8. The van der Waals surface area contributed by atoms with E-state index in [2.05, 4.69) is 52.4 Å². The van der Waals surface area contributed by atoms with Crippen molar-refractivity contribution in [3.63, 3.8) is 0 Å². The molecule has 0 aromatic heterocycles. The summed E-state index contributed by atoms with van der Waals surface area (Å²) in [6.07, 6.45) is 11.2. The molecule has 0 radical (unpaired) electrons. The quantitative estimate of drug-likeness (QED) is 0.140. The van der Waals surface area contributed by atoms with Gasteiger partial charge in [-0.3, -0.25) is 28.9 Å². The van der Waals surface area contributed by atoms with E-state index in [1.807, 2.05) is 152 Å². The topological polar surface area (TPSA) is 125 Å². The van der Waals surface area contributed by atoms with Crippen molar-refractivity contribution in [3.05, 3.63) is 301 Å². The number of benzene rings is 8. The number of hydrogen-bond donors (Lipinski definition) is 3. The van der Waals surface area contributed by atoms with Crippen molar-refractivity contribution in [3.8, 4) is 0 Å². The zero-order chi connectivity index (χ0) is 65.2. The minimum atomic E-state index is -0.290. The van der Waals surface area contributed by atoms with Crippen LogP contribution < -0.4 is 16.0 Å². The summed E-state index contributed by atoms with van der Waals surface area (Å²) in [5.74, 6) is -0.0360. The molecule has 0 heterocycles. The molecule has 3 N–H and O–H groups in total. The van der Waals surface area contributed by atoms with Crippen LogP contribution in [-0.4, -0.2) is 34.4 Å². The van der Waals surface area contributed by atoms with Gasteiger partial charge in [0.05, 0.1) is 45.9 Å². The molecule has 4 aliphatic carbocycles. The third-order valence-electron chi connectivity index (χ3n) is 15.9. The maximum absolute atomic E-state index is 12.0. The molecule has 8 aromatic rings. The lowest BCUT2D eigenvalue weighted by atomic mass is 9.80. The predicted molar refractivity (Wildman–Crippen MR) is 374 cm³/mol. The van der Waals surface area contributed by atoms with Crippen molar-refractivity contribution in [1.29, 1.82) is 0 Å². The smallest absolute Gasteiger partial charge is 0.230 e. The van der Waals surface area contributed by atoms with E-state index in [9.17, 15) is 24.0 Å². The monoisotopic (exact) mass is 1370 g/mol. The van der Waals surface area contributed by atoms with Crippen LogP contribution in [0.4, 0.5) is 0 Å². The van der Waals surface area contributed by atoms with Gasteiger partial charge in [0.15, 0.2) is 0 Å². The lowest BCUT2D eigenvalue weighted by Gasteiger charge is -2.30. The van der Waals surface area contributed by atoms with Crippen LogP contribution in [0.2, 0.25) is 40.2 Å². The molecule has 0 bridgehead atoms. The fourth-order valence-corrected chi connectivity index (χ4v) is 13.2. The number of amides is 5. The standard InChI is InChI=1S/C20H17Cl2NO2.3C18H15Cl2NO/c1-12(24)23(13(2)25)20-10-8-15(16-5-3-4-6-17(16)20)14-7-9-18(21)19(22)11-14;3*1-11(22)21-18-9-7-13(14-4-2-3-5-15(14)18)12-6-8-16(19)17(20)10-12/h3-7,9-11,15H,8H2,1-2H3;3*2-6,8-10,13H,7H2,1H3,(H,21,22)/t15-;3*13-/m0000/s1. The van der Waals surface area contributed by atoms with E-state index in [1.165, 1.54) is 56.2 Å². The molecule has 0 saturated carbocycles. The van der Waals surface area contributed by atoms with Gasteiger partial charge in [0.1, 0.15) is 0 Å². The first kappa shape index (κ1) is 68.0. The second kappa shape index (κ2) is 30.8. The average molecular weight is 1370 g/mol. The van der Waals surface area contributed by atoms with Crippen LogP contribution in [0.15, 0.2) is 194 Å². The number of hydrogen-bond acceptors (Lipinski definition) is 5. The first-order valence-electron chi connectivity index (χ1n) is 29.2. The first-order valence-corrected chi connectivity index (χ1v) is 32.2. The van der Waals surface area contributed by atoms with E-state index in [-0.39, 0.29) is 53.2 Å². The third-order valence-corrected chi connectivity index (χ3v) is 18.9. The third kappa shape index (κ3) is 16.4. The van der Waals surface area contributed by atoms with Crippen molar-refractivity contribution in [1.82, 2.24) is 20.9 Å². The van der Waals surface area contributed by atoms with E-state index >= 15 is 0 Å². The number of nitrogens with zero attached hydrogens (tertiary/aromatic N) is 1. The van der Waals surface area contributed by atoms with Gasteiger partial charge in [-0.15, -0.1) is 0 Å². The maximum atomic E-state index is 12.0. The number of allylic oxidation sites excluding steroid dienone is 4. The van der Waals surface area contributed by atoms with Crippen LogP contribution in [0.3, 0.4) is 0 Å². The largest absolute Gasteiger partial charge is 0.326 e. The molecule has 12 rings (SSSR count). The van der Waals surface area contributed by atoms with Crippen LogP contribution in [0, 0.1) is 0 Å². The highest BCUT2D eigenvalue weighted by atomic mass is 35.5. The summed E-state index contributed by atoms with van der Waals surface area (Å²) in [5, 5.41) is 13.1. The number of carbonyl (C=O) groups is 5. The van der Waals surface area contributed by atoms with Gasteiger partial charge in [0.2, 0.25) is 29.5 Å². The normalized spacial score (nSPS) is 16.5. The second-order valence-corrected chi connectivity index (χ2v) is 25.3. The van der Waals surface area contributed by atoms with Crippen molar-refractivity contribution < 1.29 is 24.0 Å². The summed E-state index contributed by atoms with van der Waals surface area (Å²) in [6.45, 7) is 7.36. The van der Waals surface area contributed by atoms with Crippen molar-refractivity contribution in [2.24, 2.45) is 0 Å². The van der Waals surface area contributed by atoms with Gasteiger partial charge in [-0.1, -0.05) is 238 Å². The molecule has 9 nitrogen and oxygen atoms in total. The molecule has 0 aliphatic heterocycles. The van der Waals surface area contributed by atoms with Gasteiger partial charge < -0.3 is 16.0 Å². The van der Waals surface area contributed by atoms with Gasteiger partial charge in [-0.05, 0) is 119 Å². The molecule has 4 aliphatic rings. The Bertz CT molecular complexity index is 3950. The molecule has 91 heavy (non-hydrogen) atoms. The van der Waals surface area contributed by atoms with E-state index in [0.717, 1.165) is 86.4 Å². The number of fused-ring (bicyclic) bond motifs is 4. The zero-order valence-electron chi connectivity index (χ0n) is 50.1. The lowest BCUT2D eigenvalue weighted by Crippen LogP contribution is -2.33. The van der Waals surface area contributed by atoms with Crippen LogP contribution in [0.5, 0.6) is 0 Å². The molecule has 0 saturated heterocycles. The molecule has 17 heteroatoms. The SMILES string of the molecule is CC(=O)N(C(C)=O)C1=CC[C@@H](c2ccc(Cl)c(Cl)c2)c2ccccc21.CC(=O)NC1=CC[C@@H](c2ccc(Cl)c(Cl)c2)c2ccccc21.CC(=O)NC1=CC[C@@H](c2ccc(Cl)c(Cl)c2)c2ccccc21.CC(=O)NC1=CC[C@@H](c2ccc(Cl)c(Cl)c2)c2ccccc21. The minimum Gasteiger partial charge on any atom is -0.326 e. The lowest BCUT2D eigenvalue weighted by molar-refractivity contribution is -0.138. The highest BCUT2D eigenvalue weighted by molar-refractivity contribution is 6.43. The van der Waals surface area contributed by atoms with E-state index < -0.39 is 0 Å². The molecular weight excluding hydrogens is 1310 g/mol. The number of imide groups is 1. The second-order valence-electron chi connectivity index (χ2n) is 22.1. The molecule has 4 atom stereocenters. The molecule has 464 valence electrons. The Morgan fingerprint density at radius 2 is 0.560 bits per heavy atom. The number of rotatable bonds is 8. The van der Waals surface area contributed by atoms with E-state index in [1.54, 1.807) is 6.07 Å². The van der Waals surface area contributed by atoms with Crippen molar-refractivity contribution in [2.75, 3.05) is 0 Å². The number of nitrogens with one attached hydrogen (secondary N) is 3. The summed E-state index contributed by atoms with van der Waals surface area (Å²) >= 11 is 48.7. The zero-order valence-corrected chi connectivity index (χ0v) is 56.2. The van der Waals surface area contributed by atoms with Crippen LogP contribution >= 0.6 is 92.8 Å². The van der Waals surface area contributed by atoms with Crippen LogP contribution in [0.1, 0.15) is 151 Å². The van der Waals surface area contributed by atoms with Crippen LogP contribution in [0.25, 0.3) is 22.8 Å².